The van der Waals surface area contributed by atoms with Crippen molar-refractivity contribution in [1.29, 1.82) is 0 Å². The van der Waals surface area contributed by atoms with Gasteiger partial charge < -0.3 is 9.80 Å². The van der Waals surface area contributed by atoms with E-state index in [1.807, 2.05) is 19.9 Å². The lowest BCUT2D eigenvalue weighted by Gasteiger charge is -2.35. The topological polar surface area (TPSA) is 49.3 Å². The lowest BCUT2D eigenvalue weighted by molar-refractivity contribution is -0.137. The second-order valence-electron chi connectivity index (χ2n) is 6.79. The summed E-state index contributed by atoms with van der Waals surface area (Å²) in [5.74, 6) is 1.40. The number of anilines is 1. The predicted molar refractivity (Wildman–Crippen MR) is 95.7 cm³/mol. The zero-order valence-electron chi connectivity index (χ0n) is 15.2. The van der Waals surface area contributed by atoms with Gasteiger partial charge in [-0.15, -0.1) is 0 Å². The van der Waals surface area contributed by atoms with Gasteiger partial charge in [-0.2, -0.15) is 13.2 Å². The predicted octanol–water partition coefficient (Wildman–Crippen LogP) is 3.58. The van der Waals surface area contributed by atoms with Crippen LogP contribution in [-0.2, 0) is 6.18 Å². The fourth-order valence-corrected chi connectivity index (χ4v) is 2.97. The highest BCUT2D eigenvalue weighted by Crippen LogP contribution is 2.30. The van der Waals surface area contributed by atoms with Gasteiger partial charge in [0.15, 0.2) is 0 Å². The molecule has 1 fully saturated rings. The highest BCUT2D eigenvalue weighted by molar-refractivity contribution is 5.94. The van der Waals surface area contributed by atoms with Crippen LogP contribution in [0.1, 0.15) is 41.5 Å². The molecular weight excluding hydrogens is 357 g/mol. The van der Waals surface area contributed by atoms with Gasteiger partial charge in [0.2, 0.25) is 0 Å². The van der Waals surface area contributed by atoms with Gasteiger partial charge in [0, 0.05) is 43.9 Å². The molecular formula is C19H21F3N4O. The molecule has 0 atom stereocenters. The van der Waals surface area contributed by atoms with Crippen molar-refractivity contribution in [3.05, 3.63) is 53.5 Å². The van der Waals surface area contributed by atoms with Crippen LogP contribution >= 0.6 is 0 Å². The lowest BCUT2D eigenvalue weighted by Crippen LogP contribution is -2.49. The number of nitrogens with zero attached hydrogens (tertiary/aromatic N) is 4. The Bertz CT molecular complexity index is 815. The van der Waals surface area contributed by atoms with Gasteiger partial charge in [-0.1, -0.05) is 19.9 Å². The summed E-state index contributed by atoms with van der Waals surface area (Å²) in [6, 6.07) is 6.39. The van der Waals surface area contributed by atoms with Gasteiger partial charge in [-0.05, 0) is 24.3 Å². The Kier molecular flexibility index (Phi) is 5.34. The molecule has 1 aromatic carbocycles. The third kappa shape index (κ3) is 4.37. The first-order chi connectivity index (χ1) is 12.8. The van der Waals surface area contributed by atoms with Crippen molar-refractivity contribution in [1.82, 2.24) is 14.9 Å². The summed E-state index contributed by atoms with van der Waals surface area (Å²) in [5, 5.41) is 0. The van der Waals surface area contributed by atoms with Crippen LogP contribution in [0.3, 0.4) is 0 Å². The highest BCUT2D eigenvalue weighted by atomic mass is 19.4. The number of aromatic nitrogens is 2. The van der Waals surface area contributed by atoms with Crippen molar-refractivity contribution in [2.24, 2.45) is 0 Å². The van der Waals surface area contributed by atoms with E-state index in [1.165, 1.54) is 12.1 Å². The van der Waals surface area contributed by atoms with Crippen LogP contribution in [0.25, 0.3) is 0 Å². The summed E-state index contributed by atoms with van der Waals surface area (Å²) in [5.41, 5.74) is -0.753. The summed E-state index contributed by atoms with van der Waals surface area (Å²) in [6.45, 7) is 6.03. The molecule has 0 aliphatic carbocycles. The van der Waals surface area contributed by atoms with E-state index in [2.05, 4.69) is 14.9 Å². The van der Waals surface area contributed by atoms with Gasteiger partial charge in [-0.3, -0.25) is 4.79 Å². The maximum Gasteiger partial charge on any atom is 0.416 e. The summed E-state index contributed by atoms with van der Waals surface area (Å²) in [7, 11) is 0. The Morgan fingerprint density at radius 3 is 2.44 bits per heavy atom. The number of rotatable bonds is 3. The van der Waals surface area contributed by atoms with Crippen LogP contribution in [0, 0.1) is 0 Å². The fraction of sp³-hybridized carbons (Fsp3) is 0.421. The molecule has 0 radical (unpaired) electrons. The molecule has 0 bridgehead atoms. The lowest BCUT2D eigenvalue weighted by atomic mass is 10.1. The zero-order chi connectivity index (χ0) is 19.6. The van der Waals surface area contributed by atoms with E-state index in [0.29, 0.717) is 26.2 Å². The molecule has 5 nitrogen and oxygen atoms in total. The average Bonchev–Trinajstić information content (AvgIpc) is 2.67. The Labute approximate surface area is 155 Å². The zero-order valence-corrected chi connectivity index (χ0v) is 15.2. The number of benzene rings is 1. The molecule has 2 aromatic rings. The van der Waals surface area contributed by atoms with E-state index >= 15 is 0 Å². The average molecular weight is 378 g/mol. The molecule has 1 saturated heterocycles. The first-order valence-electron chi connectivity index (χ1n) is 8.80. The third-order valence-corrected chi connectivity index (χ3v) is 4.50. The molecule has 0 N–H and O–H groups in total. The number of carbonyl (C=O) groups excluding carboxylic acids is 1. The molecule has 1 aliphatic rings. The SMILES string of the molecule is CC(C)c1nccc(N2CCN(C(=O)c3cccc(C(F)(F)F)c3)CC2)n1. The summed E-state index contributed by atoms with van der Waals surface area (Å²) in [6.07, 6.45) is -2.74. The minimum atomic E-state index is -4.46. The van der Waals surface area contributed by atoms with Crippen LogP contribution in [-0.4, -0.2) is 47.0 Å². The van der Waals surface area contributed by atoms with Crippen LogP contribution in [0.5, 0.6) is 0 Å². The number of hydrogen-bond acceptors (Lipinski definition) is 4. The maximum absolute atomic E-state index is 12.9. The third-order valence-electron chi connectivity index (χ3n) is 4.50. The van der Waals surface area contributed by atoms with E-state index in [-0.39, 0.29) is 17.4 Å². The smallest absolute Gasteiger partial charge is 0.353 e. The molecule has 2 heterocycles. The Balaban J connectivity index is 1.67. The highest BCUT2D eigenvalue weighted by Gasteiger charge is 2.31. The first-order valence-corrected chi connectivity index (χ1v) is 8.80. The van der Waals surface area contributed by atoms with Gasteiger partial charge >= 0.3 is 6.18 Å². The number of piperazine rings is 1. The minimum Gasteiger partial charge on any atom is -0.353 e. The number of hydrogen-bond donors (Lipinski definition) is 0. The summed E-state index contributed by atoms with van der Waals surface area (Å²) >= 11 is 0. The van der Waals surface area contributed by atoms with Gasteiger partial charge in [0.1, 0.15) is 11.6 Å². The van der Waals surface area contributed by atoms with Crippen LogP contribution in [0.15, 0.2) is 36.5 Å². The summed E-state index contributed by atoms with van der Waals surface area (Å²) in [4.78, 5) is 25.0. The van der Waals surface area contributed by atoms with E-state index in [1.54, 1.807) is 11.1 Å². The molecule has 1 aromatic heterocycles. The van der Waals surface area contributed by atoms with Crippen molar-refractivity contribution < 1.29 is 18.0 Å². The van der Waals surface area contributed by atoms with Crippen molar-refractivity contribution in [2.75, 3.05) is 31.1 Å². The van der Waals surface area contributed by atoms with Gasteiger partial charge in [0.05, 0.1) is 5.56 Å². The number of amides is 1. The second kappa shape index (κ2) is 7.54. The largest absolute Gasteiger partial charge is 0.416 e. The van der Waals surface area contributed by atoms with Crippen molar-refractivity contribution in [3.8, 4) is 0 Å². The van der Waals surface area contributed by atoms with E-state index in [0.717, 1.165) is 23.8 Å². The summed E-state index contributed by atoms with van der Waals surface area (Å²) < 4.78 is 38.6. The monoisotopic (exact) mass is 378 g/mol. The van der Waals surface area contributed by atoms with Crippen LogP contribution < -0.4 is 4.90 Å². The van der Waals surface area contributed by atoms with Crippen LogP contribution in [0.4, 0.5) is 19.0 Å². The van der Waals surface area contributed by atoms with Crippen molar-refractivity contribution >= 4 is 11.7 Å². The van der Waals surface area contributed by atoms with E-state index in [9.17, 15) is 18.0 Å². The molecule has 144 valence electrons. The van der Waals surface area contributed by atoms with Gasteiger partial charge in [0.25, 0.3) is 5.91 Å². The van der Waals surface area contributed by atoms with E-state index in [4.69, 9.17) is 0 Å². The molecule has 0 spiro atoms. The molecule has 0 unspecified atom stereocenters. The standard InChI is InChI=1S/C19H21F3N4O/c1-13(2)17-23-7-6-16(24-17)25-8-10-26(11-9-25)18(27)14-4-3-5-15(12-14)19(20,21)22/h3-7,12-13H,8-11H2,1-2H3. The molecule has 1 aliphatic heterocycles. The van der Waals surface area contributed by atoms with Crippen molar-refractivity contribution in [3.63, 3.8) is 0 Å². The number of carbonyl (C=O) groups is 1. The molecule has 8 heteroatoms. The Morgan fingerprint density at radius 1 is 1.11 bits per heavy atom. The molecule has 27 heavy (non-hydrogen) atoms. The maximum atomic E-state index is 12.9. The molecule has 0 saturated carbocycles. The Hall–Kier alpha value is -2.64. The molecule has 1 amide bonds. The Morgan fingerprint density at radius 2 is 1.81 bits per heavy atom. The minimum absolute atomic E-state index is 0.0578. The van der Waals surface area contributed by atoms with Crippen LogP contribution in [0.2, 0.25) is 0 Å². The van der Waals surface area contributed by atoms with E-state index < -0.39 is 11.7 Å². The second-order valence-corrected chi connectivity index (χ2v) is 6.79. The van der Waals surface area contributed by atoms with Gasteiger partial charge in [-0.25, -0.2) is 9.97 Å². The quantitative estimate of drug-likeness (QED) is 0.819. The van der Waals surface area contributed by atoms with Crippen molar-refractivity contribution in [2.45, 2.75) is 25.9 Å². The number of halogens is 3. The number of alkyl halides is 3. The fourth-order valence-electron chi connectivity index (χ4n) is 2.97. The molecule has 3 rings (SSSR count). The first kappa shape index (κ1) is 19.1. The normalized spacial score (nSPS) is 15.3.